The molecule has 2 aromatic carbocycles. The molecule has 1 aliphatic heterocycles. The molecular weight excluding hydrogens is 608 g/mol. The molecule has 35 heavy (non-hydrogen) atoms. The van der Waals surface area contributed by atoms with Crippen LogP contribution in [0.4, 0.5) is 10.5 Å². The number of hydrogen-bond acceptors (Lipinski definition) is 8. The van der Waals surface area contributed by atoms with Crippen molar-refractivity contribution in [2.45, 2.75) is 6.92 Å². The van der Waals surface area contributed by atoms with E-state index in [1.165, 1.54) is 13.2 Å². The maximum absolute atomic E-state index is 12.8. The fraction of sp³-hybridized carbons (Fsp3) is 0.217. The third kappa shape index (κ3) is 7.09. The largest absolute Gasteiger partial charge is 0.490 e. The van der Waals surface area contributed by atoms with E-state index in [9.17, 15) is 19.2 Å². The Labute approximate surface area is 222 Å². The fourth-order valence-corrected chi connectivity index (χ4v) is 4.61. The van der Waals surface area contributed by atoms with E-state index in [0.717, 1.165) is 21.1 Å². The van der Waals surface area contributed by atoms with E-state index in [2.05, 4.69) is 41.9 Å². The first-order chi connectivity index (χ1) is 16.7. The number of amides is 3. The van der Waals surface area contributed by atoms with Gasteiger partial charge in [-0.1, -0.05) is 15.9 Å². The number of hydrogen-bond donors (Lipinski definition) is 1. The quantitative estimate of drug-likeness (QED) is 0.311. The molecule has 0 aromatic heterocycles. The molecule has 1 heterocycles. The molecule has 1 N–H and O–H groups in total. The first kappa shape index (κ1) is 26.8. The highest BCUT2D eigenvalue weighted by Crippen LogP contribution is 2.39. The van der Waals surface area contributed by atoms with Crippen molar-refractivity contribution >= 4 is 78.4 Å². The Hall–Kier alpha value is -2.83. The summed E-state index contributed by atoms with van der Waals surface area (Å²) in [6.45, 7) is 1.39. The van der Waals surface area contributed by atoms with Crippen LogP contribution in [0.25, 0.3) is 6.08 Å². The average molecular weight is 628 g/mol. The highest BCUT2D eigenvalue weighted by atomic mass is 79.9. The molecule has 1 fully saturated rings. The van der Waals surface area contributed by atoms with Gasteiger partial charge in [0, 0.05) is 10.2 Å². The standard InChI is InChI=1S/C23H20Br2N2O7S/c1-3-33-17-9-13(8-16(25)21(17)34-12-20(29)32-2)10-18-22(30)27(23(31)35-18)11-19(28)26-15-6-4-14(24)5-7-15/h4-10H,3,11-12H2,1-2H3,(H,26,28)/b18-10-. The molecule has 3 amide bonds. The number of benzene rings is 2. The molecule has 1 aliphatic rings. The first-order valence-electron chi connectivity index (χ1n) is 10.2. The second kappa shape index (κ2) is 12.2. The Morgan fingerprint density at radius 3 is 2.49 bits per heavy atom. The summed E-state index contributed by atoms with van der Waals surface area (Å²) >= 11 is 7.44. The number of carbonyl (C=O) groups is 4. The van der Waals surface area contributed by atoms with Crippen LogP contribution in [0, 0.1) is 0 Å². The van der Waals surface area contributed by atoms with Gasteiger partial charge in [-0.25, -0.2) is 4.79 Å². The van der Waals surface area contributed by atoms with Crippen LogP contribution < -0.4 is 14.8 Å². The number of thioether (sulfide) groups is 1. The molecule has 12 heteroatoms. The molecule has 0 radical (unpaired) electrons. The first-order valence-corrected chi connectivity index (χ1v) is 12.6. The van der Waals surface area contributed by atoms with Gasteiger partial charge < -0.3 is 19.5 Å². The molecule has 9 nitrogen and oxygen atoms in total. The van der Waals surface area contributed by atoms with Gasteiger partial charge in [-0.2, -0.15) is 0 Å². The lowest BCUT2D eigenvalue weighted by molar-refractivity contribution is -0.143. The zero-order chi connectivity index (χ0) is 25.5. The van der Waals surface area contributed by atoms with Gasteiger partial charge in [0.1, 0.15) is 6.54 Å². The van der Waals surface area contributed by atoms with E-state index in [4.69, 9.17) is 9.47 Å². The zero-order valence-electron chi connectivity index (χ0n) is 18.6. The molecule has 0 unspecified atom stereocenters. The number of esters is 1. The number of methoxy groups -OCH3 is 1. The van der Waals surface area contributed by atoms with Crippen LogP contribution in [0.2, 0.25) is 0 Å². The molecule has 0 bridgehead atoms. The van der Waals surface area contributed by atoms with Crippen molar-refractivity contribution in [3.05, 3.63) is 55.8 Å². The second-order valence-corrected chi connectivity index (χ2v) is 9.71. The molecule has 3 rings (SSSR count). The van der Waals surface area contributed by atoms with Crippen LogP contribution in [-0.2, 0) is 19.1 Å². The van der Waals surface area contributed by atoms with E-state index in [1.54, 1.807) is 43.3 Å². The number of nitrogens with one attached hydrogen (secondary N) is 1. The predicted molar refractivity (Wildman–Crippen MR) is 138 cm³/mol. The normalized spacial score (nSPS) is 14.3. The maximum atomic E-state index is 12.8. The molecule has 184 valence electrons. The van der Waals surface area contributed by atoms with Gasteiger partial charge in [0.15, 0.2) is 18.1 Å². The summed E-state index contributed by atoms with van der Waals surface area (Å²) < 4.78 is 17.0. The second-order valence-electron chi connectivity index (χ2n) is 6.95. The van der Waals surface area contributed by atoms with Crippen molar-refractivity contribution in [2.75, 3.05) is 32.2 Å². The Morgan fingerprint density at radius 1 is 1.11 bits per heavy atom. The lowest BCUT2D eigenvalue weighted by Gasteiger charge is -2.14. The summed E-state index contributed by atoms with van der Waals surface area (Å²) in [4.78, 5) is 50.1. The van der Waals surface area contributed by atoms with Crippen LogP contribution in [0.5, 0.6) is 11.5 Å². The van der Waals surface area contributed by atoms with Gasteiger partial charge in [-0.15, -0.1) is 0 Å². The SMILES string of the molecule is CCOc1cc(/C=C2\SC(=O)N(CC(=O)Nc3ccc(Br)cc3)C2=O)cc(Br)c1OCC(=O)OC. The molecule has 0 atom stereocenters. The van der Waals surface area contributed by atoms with Crippen LogP contribution in [0.3, 0.4) is 0 Å². The van der Waals surface area contributed by atoms with Gasteiger partial charge in [0.2, 0.25) is 5.91 Å². The van der Waals surface area contributed by atoms with Crippen molar-refractivity contribution in [1.29, 1.82) is 0 Å². The number of nitrogens with zero attached hydrogens (tertiary/aromatic N) is 1. The Balaban J connectivity index is 1.75. The summed E-state index contributed by atoms with van der Waals surface area (Å²) in [5.74, 6) is -0.992. The van der Waals surface area contributed by atoms with E-state index < -0.39 is 29.6 Å². The van der Waals surface area contributed by atoms with Crippen LogP contribution >= 0.6 is 43.6 Å². The number of imide groups is 1. The van der Waals surface area contributed by atoms with Crippen LogP contribution in [0.1, 0.15) is 12.5 Å². The minimum absolute atomic E-state index is 0.156. The molecule has 0 aliphatic carbocycles. The van der Waals surface area contributed by atoms with E-state index in [1.807, 2.05) is 0 Å². The Bertz CT molecular complexity index is 1190. The summed E-state index contributed by atoms with van der Waals surface area (Å²) in [6.07, 6.45) is 1.52. The maximum Gasteiger partial charge on any atom is 0.343 e. The number of carbonyl (C=O) groups excluding carboxylic acids is 4. The smallest absolute Gasteiger partial charge is 0.343 e. The van der Waals surface area contributed by atoms with E-state index in [0.29, 0.717) is 33.8 Å². The summed E-state index contributed by atoms with van der Waals surface area (Å²) in [5.41, 5.74) is 1.10. The monoisotopic (exact) mass is 626 g/mol. The van der Waals surface area contributed by atoms with Gasteiger partial charge >= 0.3 is 5.97 Å². The van der Waals surface area contributed by atoms with Crippen molar-refractivity contribution in [3.63, 3.8) is 0 Å². The summed E-state index contributed by atoms with van der Waals surface area (Å²) in [7, 11) is 1.25. The Kier molecular flexibility index (Phi) is 9.35. The molecule has 0 saturated carbocycles. The number of ether oxygens (including phenoxy) is 3. The number of halogens is 2. The van der Waals surface area contributed by atoms with Crippen molar-refractivity contribution < 1.29 is 33.4 Å². The molecule has 2 aromatic rings. The van der Waals surface area contributed by atoms with Gasteiger partial charge in [0.25, 0.3) is 11.1 Å². The van der Waals surface area contributed by atoms with Crippen LogP contribution in [0.15, 0.2) is 50.2 Å². The van der Waals surface area contributed by atoms with Crippen molar-refractivity contribution in [1.82, 2.24) is 4.90 Å². The highest BCUT2D eigenvalue weighted by molar-refractivity contribution is 9.10. The van der Waals surface area contributed by atoms with Crippen molar-refractivity contribution in [3.8, 4) is 11.5 Å². The zero-order valence-corrected chi connectivity index (χ0v) is 22.6. The number of anilines is 1. The third-order valence-corrected chi connectivity index (χ3v) is 6.52. The molecule has 0 spiro atoms. The van der Waals surface area contributed by atoms with Gasteiger partial charge in [-0.05, 0) is 82.7 Å². The van der Waals surface area contributed by atoms with Crippen molar-refractivity contribution in [2.24, 2.45) is 0 Å². The Morgan fingerprint density at radius 2 is 1.83 bits per heavy atom. The predicted octanol–water partition coefficient (Wildman–Crippen LogP) is 4.84. The fourth-order valence-electron chi connectivity index (χ4n) is 2.93. The minimum Gasteiger partial charge on any atom is -0.490 e. The highest BCUT2D eigenvalue weighted by Gasteiger charge is 2.36. The summed E-state index contributed by atoms with van der Waals surface area (Å²) in [6, 6.07) is 10.2. The van der Waals surface area contributed by atoms with E-state index in [-0.39, 0.29) is 11.5 Å². The lowest BCUT2D eigenvalue weighted by atomic mass is 10.2. The van der Waals surface area contributed by atoms with Gasteiger partial charge in [-0.3, -0.25) is 19.3 Å². The minimum atomic E-state index is -0.578. The average Bonchev–Trinajstić information content (AvgIpc) is 3.07. The number of rotatable bonds is 9. The van der Waals surface area contributed by atoms with E-state index >= 15 is 0 Å². The molecular formula is C23H20Br2N2O7S. The third-order valence-electron chi connectivity index (χ3n) is 4.49. The summed E-state index contributed by atoms with van der Waals surface area (Å²) in [5, 5.41) is 2.11. The topological polar surface area (TPSA) is 111 Å². The van der Waals surface area contributed by atoms with Gasteiger partial charge in [0.05, 0.1) is 23.1 Å². The van der Waals surface area contributed by atoms with Crippen LogP contribution in [-0.4, -0.2) is 54.8 Å². The molecule has 1 saturated heterocycles. The lowest BCUT2D eigenvalue weighted by Crippen LogP contribution is -2.36.